The van der Waals surface area contributed by atoms with Crippen LogP contribution in [0.2, 0.25) is 0 Å². The van der Waals surface area contributed by atoms with Gasteiger partial charge in [-0.3, -0.25) is 0 Å². The Morgan fingerprint density at radius 3 is 2.41 bits per heavy atom. The Hall–Kier alpha value is -0.120. The zero-order valence-corrected chi connectivity index (χ0v) is 11.9. The van der Waals surface area contributed by atoms with Crippen molar-refractivity contribution in [3.63, 3.8) is 0 Å². The molecule has 1 heterocycles. The van der Waals surface area contributed by atoms with Gasteiger partial charge in [0.25, 0.3) is 0 Å². The van der Waals surface area contributed by atoms with E-state index in [9.17, 15) is 0 Å². The Morgan fingerprint density at radius 2 is 1.82 bits per heavy atom. The number of piperidine rings is 1. The van der Waals surface area contributed by atoms with Gasteiger partial charge in [0.05, 0.1) is 0 Å². The van der Waals surface area contributed by atoms with Crippen LogP contribution in [0.3, 0.4) is 0 Å². The zero-order chi connectivity index (χ0) is 12.7. The molecule has 0 saturated carbocycles. The molecule has 2 unspecified atom stereocenters. The average Bonchev–Trinajstić information content (AvgIpc) is 2.31. The molecule has 1 fully saturated rings. The molecule has 0 aromatic rings. The summed E-state index contributed by atoms with van der Waals surface area (Å²) in [4.78, 5) is 2.58. The van der Waals surface area contributed by atoms with Crippen molar-refractivity contribution in [3.05, 3.63) is 0 Å². The molecule has 3 heteroatoms. The highest BCUT2D eigenvalue weighted by atomic mass is 16.7. The van der Waals surface area contributed by atoms with Crippen molar-refractivity contribution in [3.8, 4) is 0 Å². The normalized spacial score (nSPS) is 26.6. The molecule has 1 aliphatic rings. The largest absolute Gasteiger partial charge is 0.353 e. The van der Waals surface area contributed by atoms with E-state index < -0.39 is 0 Å². The molecule has 0 radical (unpaired) electrons. The van der Waals surface area contributed by atoms with E-state index in [4.69, 9.17) is 9.47 Å². The van der Waals surface area contributed by atoms with Crippen LogP contribution in [0.4, 0.5) is 0 Å². The van der Waals surface area contributed by atoms with Gasteiger partial charge in [-0.1, -0.05) is 6.92 Å². The van der Waals surface area contributed by atoms with Crippen LogP contribution in [0.1, 0.15) is 47.0 Å². The van der Waals surface area contributed by atoms with Gasteiger partial charge in [-0.2, -0.15) is 0 Å². The first kappa shape index (κ1) is 14.9. The Morgan fingerprint density at radius 1 is 1.18 bits per heavy atom. The monoisotopic (exact) mass is 243 g/mol. The lowest BCUT2D eigenvalue weighted by atomic mass is 9.92. The van der Waals surface area contributed by atoms with E-state index in [1.54, 1.807) is 0 Å². The number of hydrogen-bond acceptors (Lipinski definition) is 3. The van der Waals surface area contributed by atoms with Crippen molar-refractivity contribution < 1.29 is 9.47 Å². The molecule has 0 amide bonds. The third-order valence-corrected chi connectivity index (χ3v) is 3.86. The number of likely N-dealkylation sites (tertiary alicyclic amines) is 1. The molecule has 1 saturated heterocycles. The van der Waals surface area contributed by atoms with Gasteiger partial charge in [-0.15, -0.1) is 0 Å². The summed E-state index contributed by atoms with van der Waals surface area (Å²) in [7, 11) is 0. The van der Waals surface area contributed by atoms with E-state index in [0.717, 1.165) is 32.1 Å². The first-order valence-corrected chi connectivity index (χ1v) is 7.16. The lowest BCUT2D eigenvalue weighted by molar-refractivity contribution is -0.143. The molecule has 0 spiro atoms. The number of ether oxygens (including phenoxy) is 2. The molecule has 0 N–H and O–H groups in total. The van der Waals surface area contributed by atoms with Crippen molar-refractivity contribution in [2.75, 3.05) is 26.3 Å². The molecule has 102 valence electrons. The third kappa shape index (κ3) is 4.94. The number of hydrogen-bond donors (Lipinski definition) is 0. The Labute approximate surface area is 106 Å². The van der Waals surface area contributed by atoms with Crippen LogP contribution < -0.4 is 0 Å². The van der Waals surface area contributed by atoms with Crippen molar-refractivity contribution in [1.29, 1.82) is 0 Å². The van der Waals surface area contributed by atoms with E-state index in [-0.39, 0.29) is 6.29 Å². The van der Waals surface area contributed by atoms with E-state index >= 15 is 0 Å². The van der Waals surface area contributed by atoms with Crippen molar-refractivity contribution in [2.24, 2.45) is 5.92 Å². The van der Waals surface area contributed by atoms with Crippen LogP contribution in [0.25, 0.3) is 0 Å². The fourth-order valence-electron chi connectivity index (χ4n) is 2.59. The van der Waals surface area contributed by atoms with E-state index in [1.807, 2.05) is 13.8 Å². The molecular formula is C14H29NO2. The highest BCUT2D eigenvalue weighted by Gasteiger charge is 2.24. The van der Waals surface area contributed by atoms with E-state index in [0.29, 0.717) is 6.04 Å². The summed E-state index contributed by atoms with van der Waals surface area (Å²) in [5.74, 6) is 0.821. The van der Waals surface area contributed by atoms with Crippen molar-refractivity contribution in [2.45, 2.75) is 59.3 Å². The Bertz CT molecular complexity index is 193. The van der Waals surface area contributed by atoms with Gasteiger partial charge in [-0.25, -0.2) is 0 Å². The molecular weight excluding hydrogens is 214 g/mol. The standard InChI is InChI=1S/C14H29NO2/c1-5-16-14(17-6-2)9-11-15-10-7-8-12(3)13(15)4/h12-14H,5-11H2,1-4H3. The summed E-state index contributed by atoms with van der Waals surface area (Å²) < 4.78 is 11.2. The molecule has 1 rings (SSSR count). The molecule has 0 bridgehead atoms. The van der Waals surface area contributed by atoms with Crippen LogP contribution in [0, 0.1) is 5.92 Å². The van der Waals surface area contributed by atoms with Gasteiger partial charge in [0, 0.05) is 32.2 Å². The maximum Gasteiger partial charge on any atom is 0.158 e. The zero-order valence-electron chi connectivity index (χ0n) is 11.9. The summed E-state index contributed by atoms with van der Waals surface area (Å²) in [5.41, 5.74) is 0. The summed E-state index contributed by atoms with van der Waals surface area (Å²) in [6.45, 7) is 12.6. The van der Waals surface area contributed by atoms with E-state index in [1.165, 1.54) is 19.4 Å². The molecule has 1 aliphatic heterocycles. The van der Waals surface area contributed by atoms with Gasteiger partial charge in [0.2, 0.25) is 0 Å². The summed E-state index contributed by atoms with van der Waals surface area (Å²) in [5, 5.41) is 0. The van der Waals surface area contributed by atoms with Gasteiger partial charge in [0.1, 0.15) is 0 Å². The number of rotatable bonds is 7. The molecule has 2 atom stereocenters. The maximum atomic E-state index is 5.59. The van der Waals surface area contributed by atoms with Crippen LogP contribution in [0.5, 0.6) is 0 Å². The molecule has 0 aromatic heterocycles. The minimum Gasteiger partial charge on any atom is -0.353 e. The SMILES string of the molecule is CCOC(CCN1CCCC(C)C1C)OCC. The quantitative estimate of drug-likeness (QED) is 0.642. The van der Waals surface area contributed by atoms with Gasteiger partial charge >= 0.3 is 0 Å². The molecule has 17 heavy (non-hydrogen) atoms. The first-order valence-electron chi connectivity index (χ1n) is 7.16. The highest BCUT2D eigenvalue weighted by molar-refractivity contribution is 4.78. The lowest BCUT2D eigenvalue weighted by Gasteiger charge is -2.38. The van der Waals surface area contributed by atoms with Crippen molar-refractivity contribution >= 4 is 0 Å². The van der Waals surface area contributed by atoms with Crippen LogP contribution in [-0.4, -0.2) is 43.5 Å². The average molecular weight is 243 g/mol. The summed E-state index contributed by atoms with van der Waals surface area (Å²) in [6.07, 6.45) is 3.67. The number of nitrogens with zero attached hydrogens (tertiary/aromatic N) is 1. The fraction of sp³-hybridized carbons (Fsp3) is 1.00. The Balaban J connectivity index is 2.31. The first-order chi connectivity index (χ1) is 8.19. The maximum absolute atomic E-state index is 5.59. The van der Waals surface area contributed by atoms with Crippen LogP contribution >= 0.6 is 0 Å². The Kier molecular flexibility index (Phi) is 7.09. The second-order valence-corrected chi connectivity index (χ2v) is 5.03. The second-order valence-electron chi connectivity index (χ2n) is 5.03. The molecule has 0 aliphatic carbocycles. The van der Waals surface area contributed by atoms with Crippen LogP contribution in [-0.2, 0) is 9.47 Å². The molecule has 0 aromatic carbocycles. The smallest absolute Gasteiger partial charge is 0.158 e. The third-order valence-electron chi connectivity index (χ3n) is 3.86. The topological polar surface area (TPSA) is 21.7 Å². The fourth-order valence-corrected chi connectivity index (χ4v) is 2.59. The van der Waals surface area contributed by atoms with E-state index in [2.05, 4.69) is 18.7 Å². The van der Waals surface area contributed by atoms with Gasteiger partial charge in [-0.05, 0) is 46.1 Å². The minimum absolute atomic E-state index is 0.0190. The predicted octanol–water partition coefficient (Wildman–Crippen LogP) is 2.90. The predicted molar refractivity (Wildman–Crippen MR) is 71.1 cm³/mol. The van der Waals surface area contributed by atoms with Crippen molar-refractivity contribution in [1.82, 2.24) is 4.90 Å². The van der Waals surface area contributed by atoms with Gasteiger partial charge < -0.3 is 14.4 Å². The lowest BCUT2D eigenvalue weighted by Crippen LogP contribution is -2.43. The second kappa shape index (κ2) is 8.06. The summed E-state index contributed by atoms with van der Waals surface area (Å²) >= 11 is 0. The van der Waals surface area contributed by atoms with Crippen LogP contribution in [0.15, 0.2) is 0 Å². The highest BCUT2D eigenvalue weighted by Crippen LogP contribution is 2.23. The minimum atomic E-state index is -0.0190. The summed E-state index contributed by atoms with van der Waals surface area (Å²) in [6, 6.07) is 0.702. The van der Waals surface area contributed by atoms with Gasteiger partial charge in [0.15, 0.2) is 6.29 Å². The molecule has 3 nitrogen and oxygen atoms in total.